The molecule has 1 amide bonds. The quantitative estimate of drug-likeness (QED) is 0.889. The monoisotopic (exact) mass is 331 g/mol. The summed E-state index contributed by atoms with van der Waals surface area (Å²) in [7, 11) is 0. The molecular formula is C12H11BrFNO4. The van der Waals surface area contributed by atoms with Gasteiger partial charge in [-0.25, -0.2) is 9.18 Å². The summed E-state index contributed by atoms with van der Waals surface area (Å²) in [4.78, 5) is 22.5. The Morgan fingerprint density at radius 1 is 1.37 bits per heavy atom. The molecule has 1 fully saturated rings. The molecule has 19 heavy (non-hydrogen) atoms. The van der Waals surface area contributed by atoms with Gasteiger partial charge in [-0.3, -0.25) is 4.79 Å². The Morgan fingerprint density at radius 2 is 2.05 bits per heavy atom. The van der Waals surface area contributed by atoms with Crippen molar-refractivity contribution in [1.29, 1.82) is 0 Å². The number of carboxylic acid groups (broad SMARTS) is 1. The third kappa shape index (κ3) is 3.30. The average Bonchev–Trinajstić information content (AvgIpc) is 2.83. The molecule has 1 aliphatic heterocycles. The molecule has 2 rings (SSSR count). The van der Waals surface area contributed by atoms with Gasteiger partial charge in [0.25, 0.3) is 5.91 Å². The van der Waals surface area contributed by atoms with Crippen LogP contribution in [0, 0.1) is 5.82 Å². The van der Waals surface area contributed by atoms with Gasteiger partial charge in [0.2, 0.25) is 0 Å². The summed E-state index contributed by atoms with van der Waals surface area (Å²) < 4.78 is 18.7. The fourth-order valence-corrected chi connectivity index (χ4v) is 2.05. The number of hydrogen-bond acceptors (Lipinski definition) is 3. The van der Waals surface area contributed by atoms with Crippen molar-refractivity contribution in [3.05, 3.63) is 28.5 Å². The maximum atomic E-state index is 13.3. The number of aliphatic carboxylic acids is 1. The summed E-state index contributed by atoms with van der Waals surface area (Å²) in [5, 5.41) is 11.3. The third-order valence-electron chi connectivity index (χ3n) is 2.77. The fourth-order valence-electron chi connectivity index (χ4n) is 1.81. The Balaban J connectivity index is 1.98. The Bertz CT molecular complexity index is 522. The summed E-state index contributed by atoms with van der Waals surface area (Å²) in [5.74, 6) is -2.04. The molecule has 1 heterocycles. The molecule has 102 valence electrons. The van der Waals surface area contributed by atoms with Crippen LogP contribution in [0.2, 0.25) is 0 Å². The third-order valence-corrected chi connectivity index (χ3v) is 3.42. The molecule has 0 aliphatic carbocycles. The zero-order chi connectivity index (χ0) is 14.0. The van der Waals surface area contributed by atoms with Crippen molar-refractivity contribution in [2.75, 3.05) is 5.32 Å². The Labute approximate surface area is 116 Å². The van der Waals surface area contributed by atoms with Gasteiger partial charge in [-0.2, -0.15) is 0 Å². The summed E-state index contributed by atoms with van der Waals surface area (Å²) in [6, 6.07) is 4.18. The van der Waals surface area contributed by atoms with Gasteiger partial charge in [0.05, 0.1) is 4.47 Å². The van der Waals surface area contributed by atoms with E-state index in [1.54, 1.807) is 0 Å². The van der Waals surface area contributed by atoms with E-state index in [4.69, 9.17) is 9.84 Å². The van der Waals surface area contributed by atoms with Crippen LogP contribution in [-0.2, 0) is 14.3 Å². The number of carboxylic acids is 1. The van der Waals surface area contributed by atoms with Crippen molar-refractivity contribution < 1.29 is 23.8 Å². The van der Waals surface area contributed by atoms with Crippen molar-refractivity contribution in [3.63, 3.8) is 0 Å². The van der Waals surface area contributed by atoms with Crippen LogP contribution in [0.15, 0.2) is 22.7 Å². The predicted molar refractivity (Wildman–Crippen MR) is 68.3 cm³/mol. The largest absolute Gasteiger partial charge is 0.479 e. The van der Waals surface area contributed by atoms with E-state index in [0.717, 1.165) is 0 Å². The van der Waals surface area contributed by atoms with E-state index >= 15 is 0 Å². The molecule has 2 atom stereocenters. The summed E-state index contributed by atoms with van der Waals surface area (Å²) in [6.45, 7) is 0. The molecule has 0 radical (unpaired) electrons. The van der Waals surface area contributed by atoms with Crippen molar-refractivity contribution in [3.8, 4) is 0 Å². The number of amides is 1. The number of carbonyl (C=O) groups is 2. The molecular weight excluding hydrogens is 321 g/mol. The highest BCUT2D eigenvalue weighted by atomic mass is 79.9. The van der Waals surface area contributed by atoms with Crippen LogP contribution in [0.1, 0.15) is 12.8 Å². The SMILES string of the molecule is O=C(Nc1ccc(Br)c(F)c1)[C@@H]1CC[C@H](C(=O)O)O1. The fraction of sp³-hybridized carbons (Fsp3) is 0.333. The van der Waals surface area contributed by atoms with Crippen LogP contribution < -0.4 is 5.32 Å². The number of benzene rings is 1. The number of rotatable bonds is 3. The van der Waals surface area contributed by atoms with E-state index in [9.17, 15) is 14.0 Å². The summed E-state index contributed by atoms with van der Waals surface area (Å²) >= 11 is 3.01. The van der Waals surface area contributed by atoms with Crippen LogP contribution >= 0.6 is 15.9 Å². The molecule has 1 saturated heterocycles. The van der Waals surface area contributed by atoms with E-state index in [1.807, 2.05) is 0 Å². The average molecular weight is 332 g/mol. The first-order valence-corrected chi connectivity index (χ1v) is 6.41. The minimum Gasteiger partial charge on any atom is -0.479 e. The van der Waals surface area contributed by atoms with Crippen molar-refractivity contribution in [2.45, 2.75) is 25.0 Å². The van der Waals surface area contributed by atoms with Gasteiger partial charge in [0, 0.05) is 5.69 Å². The second-order valence-corrected chi connectivity index (χ2v) is 5.00. The molecule has 0 aromatic heterocycles. The lowest BCUT2D eigenvalue weighted by Crippen LogP contribution is -2.29. The van der Waals surface area contributed by atoms with Crippen molar-refractivity contribution in [1.82, 2.24) is 0 Å². The van der Waals surface area contributed by atoms with Gasteiger partial charge in [-0.1, -0.05) is 0 Å². The highest BCUT2D eigenvalue weighted by Gasteiger charge is 2.34. The zero-order valence-electron chi connectivity index (χ0n) is 9.73. The van der Waals surface area contributed by atoms with Gasteiger partial charge in [0.1, 0.15) is 11.9 Å². The maximum Gasteiger partial charge on any atom is 0.332 e. The number of anilines is 1. The summed E-state index contributed by atoms with van der Waals surface area (Å²) in [6.07, 6.45) is -1.13. The standard InChI is InChI=1S/C12H11BrFNO4/c13-7-2-1-6(5-8(7)14)15-11(16)9-3-4-10(19-9)12(17)18/h1-2,5,9-10H,3-4H2,(H,15,16)(H,17,18)/t9-,10+/m0/s1. The molecule has 1 aromatic rings. The number of ether oxygens (including phenoxy) is 1. The normalized spacial score (nSPS) is 22.2. The Morgan fingerprint density at radius 3 is 2.63 bits per heavy atom. The molecule has 1 aromatic carbocycles. The van der Waals surface area contributed by atoms with Crippen LogP contribution in [-0.4, -0.2) is 29.2 Å². The highest BCUT2D eigenvalue weighted by molar-refractivity contribution is 9.10. The summed E-state index contributed by atoms with van der Waals surface area (Å²) in [5.41, 5.74) is 0.299. The van der Waals surface area contributed by atoms with E-state index in [0.29, 0.717) is 23.0 Å². The van der Waals surface area contributed by atoms with Crippen LogP contribution in [0.25, 0.3) is 0 Å². The lowest BCUT2D eigenvalue weighted by molar-refractivity contribution is -0.150. The van der Waals surface area contributed by atoms with Crippen molar-refractivity contribution >= 4 is 33.5 Å². The smallest absolute Gasteiger partial charge is 0.332 e. The molecule has 0 spiro atoms. The molecule has 2 N–H and O–H groups in total. The first-order valence-electron chi connectivity index (χ1n) is 5.61. The molecule has 5 nitrogen and oxygen atoms in total. The van der Waals surface area contributed by atoms with E-state index in [2.05, 4.69) is 21.2 Å². The highest BCUT2D eigenvalue weighted by Crippen LogP contribution is 2.23. The molecule has 0 saturated carbocycles. The molecule has 1 aliphatic rings. The molecule has 7 heteroatoms. The van der Waals surface area contributed by atoms with Gasteiger partial charge in [0.15, 0.2) is 6.10 Å². The maximum absolute atomic E-state index is 13.3. The van der Waals surface area contributed by atoms with Gasteiger partial charge in [-0.05, 0) is 47.0 Å². The van der Waals surface area contributed by atoms with Crippen molar-refractivity contribution in [2.24, 2.45) is 0 Å². The molecule has 0 bridgehead atoms. The van der Waals surface area contributed by atoms with E-state index in [-0.39, 0.29) is 0 Å². The zero-order valence-corrected chi connectivity index (χ0v) is 11.3. The van der Waals surface area contributed by atoms with Crippen LogP contribution in [0.5, 0.6) is 0 Å². The number of nitrogens with one attached hydrogen (secondary N) is 1. The first kappa shape index (κ1) is 14.0. The lowest BCUT2D eigenvalue weighted by atomic mass is 10.2. The van der Waals surface area contributed by atoms with E-state index in [1.165, 1.54) is 18.2 Å². The van der Waals surface area contributed by atoms with Crippen LogP contribution in [0.3, 0.4) is 0 Å². The Hall–Kier alpha value is -1.47. The number of carbonyl (C=O) groups excluding carboxylic acids is 1. The topological polar surface area (TPSA) is 75.6 Å². The minimum atomic E-state index is -1.08. The first-order chi connectivity index (χ1) is 8.97. The van der Waals surface area contributed by atoms with Gasteiger partial charge < -0.3 is 15.2 Å². The number of hydrogen-bond donors (Lipinski definition) is 2. The van der Waals surface area contributed by atoms with E-state index < -0.39 is 29.9 Å². The van der Waals surface area contributed by atoms with Crippen LogP contribution in [0.4, 0.5) is 10.1 Å². The Kier molecular flexibility index (Phi) is 4.16. The minimum absolute atomic E-state index is 0.294. The van der Waals surface area contributed by atoms with Gasteiger partial charge in [-0.15, -0.1) is 0 Å². The lowest BCUT2D eigenvalue weighted by Gasteiger charge is -2.12. The number of halogens is 2. The molecule has 0 unspecified atom stereocenters. The van der Waals surface area contributed by atoms with Gasteiger partial charge >= 0.3 is 5.97 Å². The second kappa shape index (κ2) is 5.66. The second-order valence-electron chi connectivity index (χ2n) is 4.15. The predicted octanol–water partition coefficient (Wildman–Crippen LogP) is 2.16.